The standard InChI is InChI=1S/C11H14Cl2/c1-8(7-9(2)12)10-5-3-4-6-11(10)13/h3-6,8-9H,7H2,1-2H3. The molecule has 1 rings (SSSR count). The van der Waals surface area contributed by atoms with Gasteiger partial charge in [-0.2, -0.15) is 0 Å². The van der Waals surface area contributed by atoms with Gasteiger partial charge >= 0.3 is 0 Å². The highest BCUT2D eigenvalue weighted by atomic mass is 35.5. The largest absolute Gasteiger partial charge is 0.123 e. The van der Waals surface area contributed by atoms with Gasteiger partial charge < -0.3 is 0 Å². The third-order valence-corrected chi connectivity index (χ3v) is 2.64. The highest BCUT2D eigenvalue weighted by Crippen LogP contribution is 2.28. The molecule has 2 heteroatoms. The fourth-order valence-electron chi connectivity index (χ4n) is 1.49. The van der Waals surface area contributed by atoms with Crippen LogP contribution < -0.4 is 0 Å². The van der Waals surface area contributed by atoms with E-state index in [2.05, 4.69) is 13.0 Å². The molecule has 0 fully saturated rings. The Bertz CT molecular complexity index is 269. The van der Waals surface area contributed by atoms with Crippen LogP contribution in [-0.2, 0) is 0 Å². The van der Waals surface area contributed by atoms with Crippen molar-refractivity contribution in [3.05, 3.63) is 34.9 Å². The molecule has 1 aromatic carbocycles. The molecular formula is C11H14Cl2. The van der Waals surface area contributed by atoms with Gasteiger partial charge in [0, 0.05) is 10.4 Å². The normalized spacial score (nSPS) is 15.4. The first-order chi connectivity index (χ1) is 6.11. The summed E-state index contributed by atoms with van der Waals surface area (Å²) in [5, 5.41) is 1.04. The Morgan fingerprint density at radius 1 is 1.23 bits per heavy atom. The van der Waals surface area contributed by atoms with Gasteiger partial charge in [0.05, 0.1) is 0 Å². The summed E-state index contributed by atoms with van der Waals surface area (Å²) in [6.45, 7) is 4.16. The molecule has 0 aliphatic heterocycles. The van der Waals surface area contributed by atoms with Gasteiger partial charge in [-0.05, 0) is 30.9 Å². The summed E-state index contributed by atoms with van der Waals surface area (Å²) in [5.74, 6) is 0.432. The third kappa shape index (κ3) is 3.21. The average molecular weight is 217 g/mol. The maximum Gasteiger partial charge on any atom is 0.0440 e. The minimum absolute atomic E-state index is 0.200. The van der Waals surface area contributed by atoms with E-state index in [0.29, 0.717) is 5.92 Å². The maximum absolute atomic E-state index is 6.06. The first-order valence-corrected chi connectivity index (χ1v) is 5.31. The van der Waals surface area contributed by atoms with Gasteiger partial charge in [-0.1, -0.05) is 36.7 Å². The Hall–Kier alpha value is -0.200. The fraction of sp³-hybridized carbons (Fsp3) is 0.455. The van der Waals surface area contributed by atoms with Crippen LogP contribution in [0.1, 0.15) is 31.7 Å². The lowest BCUT2D eigenvalue weighted by atomic mass is 9.96. The van der Waals surface area contributed by atoms with Crippen molar-refractivity contribution in [2.45, 2.75) is 31.6 Å². The van der Waals surface area contributed by atoms with Crippen molar-refractivity contribution in [3.63, 3.8) is 0 Å². The van der Waals surface area contributed by atoms with Crippen molar-refractivity contribution < 1.29 is 0 Å². The zero-order chi connectivity index (χ0) is 9.84. The van der Waals surface area contributed by atoms with Crippen LogP contribution in [0.4, 0.5) is 0 Å². The molecule has 0 aromatic heterocycles. The van der Waals surface area contributed by atoms with Gasteiger partial charge in [-0.25, -0.2) is 0 Å². The molecule has 0 aliphatic rings. The van der Waals surface area contributed by atoms with Gasteiger partial charge in [0.1, 0.15) is 0 Å². The fourth-order valence-corrected chi connectivity index (χ4v) is 2.08. The number of benzene rings is 1. The topological polar surface area (TPSA) is 0 Å². The number of halogens is 2. The van der Waals surface area contributed by atoms with Crippen molar-refractivity contribution >= 4 is 23.2 Å². The highest BCUT2D eigenvalue weighted by molar-refractivity contribution is 6.31. The Balaban J connectivity index is 2.76. The van der Waals surface area contributed by atoms with Crippen LogP contribution in [0, 0.1) is 0 Å². The van der Waals surface area contributed by atoms with E-state index in [4.69, 9.17) is 23.2 Å². The molecule has 1 aromatic rings. The number of hydrogen-bond donors (Lipinski definition) is 0. The van der Waals surface area contributed by atoms with Crippen molar-refractivity contribution in [1.82, 2.24) is 0 Å². The second-order valence-corrected chi connectivity index (χ2v) is 4.59. The van der Waals surface area contributed by atoms with E-state index >= 15 is 0 Å². The molecule has 0 amide bonds. The van der Waals surface area contributed by atoms with E-state index in [1.807, 2.05) is 25.1 Å². The summed E-state index contributed by atoms with van der Waals surface area (Å²) in [6, 6.07) is 7.94. The Morgan fingerprint density at radius 2 is 1.85 bits per heavy atom. The monoisotopic (exact) mass is 216 g/mol. The summed E-state index contributed by atoms with van der Waals surface area (Å²) < 4.78 is 0. The molecule has 0 bridgehead atoms. The summed E-state index contributed by atoms with van der Waals surface area (Å²) in [6.07, 6.45) is 0.964. The van der Waals surface area contributed by atoms with Gasteiger partial charge in [-0.3, -0.25) is 0 Å². The summed E-state index contributed by atoms with van der Waals surface area (Å²) in [5.41, 5.74) is 1.19. The summed E-state index contributed by atoms with van der Waals surface area (Å²) in [4.78, 5) is 0. The van der Waals surface area contributed by atoms with E-state index < -0.39 is 0 Å². The Labute approximate surface area is 89.9 Å². The molecule has 0 saturated carbocycles. The molecular weight excluding hydrogens is 203 g/mol. The van der Waals surface area contributed by atoms with E-state index in [9.17, 15) is 0 Å². The van der Waals surface area contributed by atoms with Crippen LogP contribution in [-0.4, -0.2) is 5.38 Å². The van der Waals surface area contributed by atoms with Crippen LogP contribution in [0.3, 0.4) is 0 Å². The van der Waals surface area contributed by atoms with Gasteiger partial charge in [-0.15, -0.1) is 11.6 Å². The van der Waals surface area contributed by atoms with Crippen molar-refractivity contribution in [2.75, 3.05) is 0 Å². The van der Waals surface area contributed by atoms with E-state index in [1.54, 1.807) is 0 Å². The zero-order valence-corrected chi connectivity index (χ0v) is 9.44. The van der Waals surface area contributed by atoms with E-state index in [-0.39, 0.29) is 5.38 Å². The molecule has 0 heterocycles. The number of alkyl halides is 1. The molecule has 0 radical (unpaired) electrons. The molecule has 0 nitrogen and oxygen atoms in total. The molecule has 0 N–H and O–H groups in total. The first kappa shape index (κ1) is 10.9. The predicted octanol–water partition coefficient (Wildman–Crippen LogP) is 4.46. The summed E-state index contributed by atoms with van der Waals surface area (Å²) >= 11 is 12.0. The molecule has 0 aliphatic carbocycles. The Kier molecular flexibility index (Phi) is 4.08. The van der Waals surface area contributed by atoms with Crippen LogP contribution in [0.25, 0.3) is 0 Å². The maximum atomic E-state index is 6.06. The van der Waals surface area contributed by atoms with E-state index in [1.165, 1.54) is 5.56 Å². The van der Waals surface area contributed by atoms with Crippen LogP contribution in [0.15, 0.2) is 24.3 Å². The third-order valence-electron chi connectivity index (χ3n) is 2.11. The van der Waals surface area contributed by atoms with Crippen molar-refractivity contribution in [2.24, 2.45) is 0 Å². The van der Waals surface area contributed by atoms with E-state index in [0.717, 1.165) is 11.4 Å². The lowest BCUT2D eigenvalue weighted by Crippen LogP contribution is -2.01. The van der Waals surface area contributed by atoms with Crippen molar-refractivity contribution in [3.8, 4) is 0 Å². The molecule has 0 spiro atoms. The van der Waals surface area contributed by atoms with Crippen LogP contribution >= 0.6 is 23.2 Å². The SMILES string of the molecule is CC(Cl)CC(C)c1ccccc1Cl. The lowest BCUT2D eigenvalue weighted by Gasteiger charge is -2.14. The van der Waals surface area contributed by atoms with Crippen molar-refractivity contribution in [1.29, 1.82) is 0 Å². The number of rotatable bonds is 3. The summed E-state index contributed by atoms with van der Waals surface area (Å²) in [7, 11) is 0. The number of hydrogen-bond acceptors (Lipinski definition) is 0. The minimum Gasteiger partial charge on any atom is -0.123 e. The van der Waals surface area contributed by atoms with Gasteiger partial charge in [0.2, 0.25) is 0 Å². The Morgan fingerprint density at radius 3 is 2.38 bits per heavy atom. The second-order valence-electron chi connectivity index (χ2n) is 3.44. The van der Waals surface area contributed by atoms with Gasteiger partial charge in [0.25, 0.3) is 0 Å². The second kappa shape index (κ2) is 4.88. The molecule has 2 unspecified atom stereocenters. The van der Waals surface area contributed by atoms with Gasteiger partial charge in [0.15, 0.2) is 0 Å². The highest BCUT2D eigenvalue weighted by Gasteiger charge is 2.11. The molecule has 13 heavy (non-hydrogen) atoms. The molecule has 72 valence electrons. The molecule has 0 saturated heterocycles. The lowest BCUT2D eigenvalue weighted by molar-refractivity contribution is 0.671. The smallest absolute Gasteiger partial charge is 0.0440 e. The predicted molar refractivity (Wildman–Crippen MR) is 59.8 cm³/mol. The van der Waals surface area contributed by atoms with Crippen LogP contribution in [0.2, 0.25) is 5.02 Å². The molecule has 2 atom stereocenters. The minimum atomic E-state index is 0.200. The zero-order valence-electron chi connectivity index (χ0n) is 7.93. The quantitative estimate of drug-likeness (QED) is 0.655. The first-order valence-electron chi connectivity index (χ1n) is 4.49. The van der Waals surface area contributed by atoms with Crippen LogP contribution in [0.5, 0.6) is 0 Å². The average Bonchev–Trinajstić information content (AvgIpc) is 2.03.